The van der Waals surface area contributed by atoms with Gasteiger partial charge in [0.15, 0.2) is 0 Å². The summed E-state index contributed by atoms with van der Waals surface area (Å²) in [6, 6.07) is 0.817. The molecule has 1 aliphatic carbocycles. The first kappa shape index (κ1) is 13.6. The molecule has 0 aliphatic heterocycles. The van der Waals surface area contributed by atoms with Crippen LogP contribution in [0, 0.1) is 6.92 Å². The molecule has 2 heterocycles. The molecule has 4 nitrogen and oxygen atoms in total. The maximum atomic E-state index is 4.60. The summed E-state index contributed by atoms with van der Waals surface area (Å²) in [4.78, 5) is 9.09. The van der Waals surface area contributed by atoms with E-state index in [1.165, 1.54) is 32.1 Å². The topological polar surface area (TPSA) is 42.7 Å². The molecule has 0 bridgehead atoms. The third-order valence-corrected chi connectivity index (χ3v) is 5.15. The van der Waals surface area contributed by atoms with Gasteiger partial charge in [-0.25, -0.2) is 9.97 Å². The summed E-state index contributed by atoms with van der Waals surface area (Å²) in [5.74, 6) is 0.984. The zero-order valence-electron chi connectivity index (χ0n) is 12.2. The third kappa shape index (κ3) is 2.87. The maximum Gasteiger partial charge on any atom is 0.203 e. The quantitative estimate of drug-likeness (QED) is 0.925. The predicted octanol–water partition coefficient (Wildman–Crippen LogP) is 4.00. The van der Waals surface area contributed by atoms with E-state index in [0.717, 1.165) is 16.6 Å². The molecule has 5 heteroatoms. The number of hydrogen-bond donors (Lipinski definition) is 1. The molecular formula is C15H22N4S. The first-order valence-electron chi connectivity index (χ1n) is 7.45. The van der Waals surface area contributed by atoms with Crippen molar-refractivity contribution in [1.29, 1.82) is 0 Å². The monoisotopic (exact) mass is 290 g/mol. The summed E-state index contributed by atoms with van der Waals surface area (Å²) in [5.41, 5.74) is 1.10. The fourth-order valence-electron chi connectivity index (χ4n) is 2.85. The average Bonchev–Trinajstić information content (AvgIpc) is 3.08. The lowest BCUT2D eigenvalue weighted by Crippen LogP contribution is -2.25. The van der Waals surface area contributed by atoms with E-state index >= 15 is 0 Å². The van der Waals surface area contributed by atoms with Crippen molar-refractivity contribution in [3.8, 4) is 0 Å². The minimum atomic E-state index is 0.238. The number of aromatic nitrogens is 3. The third-order valence-electron chi connectivity index (χ3n) is 4.02. The maximum absolute atomic E-state index is 4.60. The Balaban J connectivity index is 1.75. The van der Waals surface area contributed by atoms with Crippen molar-refractivity contribution in [2.24, 2.45) is 0 Å². The van der Waals surface area contributed by atoms with E-state index in [9.17, 15) is 0 Å². The van der Waals surface area contributed by atoms with E-state index in [4.69, 9.17) is 0 Å². The van der Waals surface area contributed by atoms with Gasteiger partial charge < -0.3 is 9.88 Å². The molecule has 1 saturated carbocycles. The van der Waals surface area contributed by atoms with Crippen LogP contribution in [-0.4, -0.2) is 20.6 Å². The Kier molecular flexibility index (Phi) is 4.05. The zero-order valence-corrected chi connectivity index (χ0v) is 13.0. The lowest BCUT2D eigenvalue weighted by Gasteiger charge is -2.24. The molecule has 0 spiro atoms. The molecule has 1 atom stereocenters. The normalized spacial score (nSPS) is 18.1. The lowest BCUT2D eigenvalue weighted by molar-refractivity contribution is 0.458. The van der Waals surface area contributed by atoms with Gasteiger partial charge in [-0.3, -0.25) is 0 Å². The van der Waals surface area contributed by atoms with Crippen LogP contribution in [0.1, 0.15) is 55.8 Å². The molecular weight excluding hydrogens is 268 g/mol. The number of imidazole rings is 1. The Hall–Kier alpha value is -1.36. The Morgan fingerprint density at radius 1 is 1.35 bits per heavy atom. The first-order chi connectivity index (χ1) is 9.74. The molecule has 1 fully saturated rings. The molecule has 0 radical (unpaired) electrons. The molecule has 20 heavy (non-hydrogen) atoms. The highest BCUT2D eigenvalue weighted by atomic mass is 32.1. The lowest BCUT2D eigenvalue weighted by atomic mass is 9.96. The number of hydrogen-bond acceptors (Lipinski definition) is 4. The average molecular weight is 290 g/mol. The summed E-state index contributed by atoms with van der Waals surface area (Å²) in [6.45, 7) is 4.23. The van der Waals surface area contributed by atoms with Gasteiger partial charge in [0, 0.05) is 29.5 Å². The van der Waals surface area contributed by atoms with Crippen LogP contribution in [0.2, 0.25) is 0 Å². The Bertz CT molecular complexity index is 554. The number of thiazole rings is 1. The molecule has 1 N–H and O–H groups in total. The van der Waals surface area contributed by atoms with Crippen molar-refractivity contribution < 1.29 is 0 Å². The van der Waals surface area contributed by atoms with Crippen LogP contribution in [0.25, 0.3) is 0 Å². The highest BCUT2D eigenvalue weighted by Gasteiger charge is 2.18. The highest BCUT2D eigenvalue weighted by molar-refractivity contribution is 7.09. The smallest absolute Gasteiger partial charge is 0.203 e. The predicted molar refractivity (Wildman–Crippen MR) is 83.4 cm³/mol. The zero-order chi connectivity index (χ0) is 13.9. The van der Waals surface area contributed by atoms with Crippen LogP contribution in [-0.2, 0) is 0 Å². The van der Waals surface area contributed by atoms with Gasteiger partial charge in [-0.2, -0.15) is 0 Å². The van der Waals surface area contributed by atoms with E-state index < -0.39 is 0 Å². The fraction of sp³-hybridized carbons (Fsp3) is 0.600. The summed E-state index contributed by atoms with van der Waals surface area (Å²) in [7, 11) is 0. The van der Waals surface area contributed by atoms with E-state index in [1.54, 1.807) is 11.3 Å². The Morgan fingerprint density at radius 2 is 2.15 bits per heavy atom. The van der Waals surface area contributed by atoms with E-state index in [0.29, 0.717) is 6.04 Å². The highest BCUT2D eigenvalue weighted by Crippen LogP contribution is 2.26. The van der Waals surface area contributed by atoms with Gasteiger partial charge in [0.05, 0.1) is 6.04 Å². The van der Waals surface area contributed by atoms with Crippen LogP contribution >= 0.6 is 11.3 Å². The van der Waals surface area contributed by atoms with Crippen molar-refractivity contribution >= 4 is 17.3 Å². The van der Waals surface area contributed by atoms with Crippen LogP contribution in [0.3, 0.4) is 0 Å². The van der Waals surface area contributed by atoms with E-state index in [2.05, 4.69) is 32.2 Å². The van der Waals surface area contributed by atoms with Crippen LogP contribution in [0.15, 0.2) is 17.8 Å². The number of anilines is 1. The van der Waals surface area contributed by atoms with Crippen molar-refractivity contribution in [2.75, 3.05) is 5.32 Å². The minimum absolute atomic E-state index is 0.238. The van der Waals surface area contributed by atoms with Gasteiger partial charge in [0.2, 0.25) is 5.95 Å². The molecule has 0 aromatic carbocycles. The van der Waals surface area contributed by atoms with Crippen molar-refractivity contribution in [3.63, 3.8) is 0 Å². The molecule has 2 aromatic heterocycles. The van der Waals surface area contributed by atoms with Crippen molar-refractivity contribution in [1.82, 2.24) is 14.5 Å². The van der Waals surface area contributed by atoms with Gasteiger partial charge in [0.1, 0.15) is 5.01 Å². The second kappa shape index (κ2) is 5.95. The van der Waals surface area contributed by atoms with Gasteiger partial charge >= 0.3 is 0 Å². The Morgan fingerprint density at radius 3 is 2.85 bits per heavy atom. The van der Waals surface area contributed by atoms with Gasteiger partial charge in [-0.05, 0) is 26.7 Å². The molecule has 3 rings (SSSR count). The van der Waals surface area contributed by atoms with Crippen LogP contribution < -0.4 is 5.32 Å². The standard InChI is InChI=1S/C15H22N4S/c1-11-10-20-14(17-11)12(2)19-9-8-16-15(19)18-13-6-4-3-5-7-13/h8-10,12-13H,3-7H2,1-2H3,(H,16,18). The van der Waals surface area contributed by atoms with Crippen molar-refractivity contribution in [3.05, 3.63) is 28.5 Å². The minimum Gasteiger partial charge on any atom is -0.353 e. The molecule has 2 aromatic rings. The van der Waals surface area contributed by atoms with Gasteiger partial charge in [-0.1, -0.05) is 19.3 Å². The fourth-order valence-corrected chi connectivity index (χ4v) is 3.70. The van der Waals surface area contributed by atoms with Crippen LogP contribution in [0.4, 0.5) is 5.95 Å². The number of rotatable bonds is 4. The molecule has 108 valence electrons. The van der Waals surface area contributed by atoms with E-state index in [1.807, 2.05) is 19.3 Å². The van der Waals surface area contributed by atoms with Crippen molar-refractivity contribution in [2.45, 2.75) is 58.0 Å². The largest absolute Gasteiger partial charge is 0.353 e. The van der Waals surface area contributed by atoms with Gasteiger partial charge in [-0.15, -0.1) is 11.3 Å². The Labute approximate surface area is 124 Å². The number of nitrogens with one attached hydrogen (secondary N) is 1. The molecule has 0 saturated heterocycles. The van der Waals surface area contributed by atoms with Crippen LogP contribution in [0.5, 0.6) is 0 Å². The summed E-state index contributed by atoms with van der Waals surface area (Å²) >= 11 is 1.72. The first-order valence-corrected chi connectivity index (χ1v) is 8.33. The second-order valence-electron chi connectivity index (χ2n) is 5.64. The summed E-state index contributed by atoms with van der Waals surface area (Å²) in [6.07, 6.45) is 10.5. The molecule has 0 amide bonds. The SMILES string of the molecule is Cc1csc(C(C)n2ccnc2NC2CCCCC2)n1. The molecule has 1 unspecified atom stereocenters. The number of aryl methyl sites for hydroxylation is 1. The molecule has 1 aliphatic rings. The number of nitrogens with zero attached hydrogens (tertiary/aromatic N) is 3. The second-order valence-corrected chi connectivity index (χ2v) is 6.53. The summed E-state index contributed by atoms with van der Waals surface area (Å²) in [5, 5.41) is 6.87. The summed E-state index contributed by atoms with van der Waals surface area (Å²) < 4.78 is 2.20. The van der Waals surface area contributed by atoms with Gasteiger partial charge in [0.25, 0.3) is 0 Å². The van der Waals surface area contributed by atoms with E-state index in [-0.39, 0.29) is 6.04 Å².